The summed E-state index contributed by atoms with van der Waals surface area (Å²) in [5.74, 6) is -1.92. The Morgan fingerprint density at radius 1 is 1.15 bits per heavy atom. The van der Waals surface area contributed by atoms with Gasteiger partial charge >= 0.3 is 0 Å². The Labute approximate surface area is 153 Å². The van der Waals surface area contributed by atoms with E-state index in [4.69, 9.17) is 11.6 Å². The summed E-state index contributed by atoms with van der Waals surface area (Å²) in [6.07, 6.45) is 0. The molecule has 0 saturated heterocycles. The number of rotatable bonds is 6. The fraction of sp³-hybridized carbons (Fsp3) is 0.176. The largest absolute Gasteiger partial charge is 0.350 e. The van der Waals surface area contributed by atoms with E-state index in [0.717, 1.165) is 12.1 Å². The number of carbonyl (C=O) groups is 2. The van der Waals surface area contributed by atoms with Crippen LogP contribution in [0.15, 0.2) is 36.4 Å². The molecule has 26 heavy (non-hydrogen) atoms. The van der Waals surface area contributed by atoms with Crippen molar-refractivity contribution < 1.29 is 18.9 Å². The van der Waals surface area contributed by atoms with E-state index in [9.17, 15) is 24.1 Å². The van der Waals surface area contributed by atoms with Gasteiger partial charge in [0.25, 0.3) is 17.5 Å². The molecule has 2 amide bonds. The average Bonchev–Trinajstić information content (AvgIpc) is 2.60. The van der Waals surface area contributed by atoms with Gasteiger partial charge in [-0.2, -0.15) is 0 Å². The number of amides is 2. The Balaban J connectivity index is 1.92. The normalized spacial score (nSPS) is 10.3. The highest BCUT2D eigenvalue weighted by molar-refractivity contribution is 6.33. The van der Waals surface area contributed by atoms with Crippen molar-refractivity contribution in [3.05, 3.63) is 74.0 Å². The number of benzene rings is 2. The first-order valence-corrected chi connectivity index (χ1v) is 7.94. The molecule has 9 heteroatoms. The van der Waals surface area contributed by atoms with Gasteiger partial charge in [0.15, 0.2) is 0 Å². The van der Waals surface area contributed by atoms with Crippen molar-refractivity contribution in [1.29, 1.82) is 0 Å². The van der Waals surface area contributed by atoms with E-state index < -0.39 is 28.2 Å². The van der Waals surface area contributed by atoms with Crippen molar-refractivity contribution in [3.8, 4) is 0 Å². The number of nitro groups is 1. The van der Waals surface area contributed by atoms with E-state index in [1.165, 1.54) is 6.92 Å². The minimum atomic E-state index is -0.837. The topological polar surface area (TPSA) is 101 Å². The van der Waals surface area contributed by atoms with Crippen LogP contribution in [0, 0.1) is 22.9 Å². The van der Waals surface area contributed by atoms with Gasteiger partial charge in [0.2, 0.25) is 0 Å². The zero-order valence-corrected chi connectivity index (χ0v) is 14.5. The summed E-state index contributed by atoms with van der Waals surface area (Å²) >= 11 is 5.91. The van der Waals surface area contributed by atoms with Crippen LogP contribution in [0.25, 0.3) is 0 Å². The maximum atomic E-state index is 13.7. The lowest BCUT2D eigenvalue weighted by atomic mass is 10.1. The van der Waals surface area contributed by atoms with Crippen LogP contribution in [0.2, 0.25) is 5.02 Å². The van der Waals surface area contributed by atoms with Gasteiger partial charge in [-0.3, -0.25) is 19.7 Å². The molecule has 2 aromatic rings. The van der Waals surface area contributed by atoms with Gasteiger partial charge in [0, 0.05) is 24.7 Å². The van der Waals surface area contributed by atoms with E-state index in [1.807, 2.05) is 0 Å². The number of nitro benzene ring substituents is 1. The maximum Gasteiger partial charge on any atom is 0.276 e. The molecule has 0 aliphatic heterocycles. The highest BCUT2D eigenvalue weighted by Gasteiger charge is 2.19. The molecule has 0 aliphatic carbocycles. The van der Waals surface area contributed by atoms with Gasteiger partial charge in [-0.1, -0.05) is 23.7 Å². The number of nitrogens with zero attached hydrogens (tertiary/aromatic N) is 1. The van der Waals surface area contributed by atoms with Gasteiger partial charge in [0.1, 0.15) is 5.82 Å². The Morgan fingerprint density at radius 2 is 1.77 bits per heavy atom. The van der Waals surface area contributed by atoms with Crippen LogP contribution in [0.5, 0.6) is 0 Å². The van der Waals surface area contributed by atoms with E-state index in [1.54, 1.807) is 24.3 Å². The summed E-state index contributed by atoms with van der Waals surface area (Å²) in [7, 11) is 0. The summed E-state index contributed by atoms with van der Waals surface area (Å²) in [6.45, 7) is 1.42. The second kappa shape index (κ2) is 8.39. The molecule has 0 unspecified atom stereocenters. The monoisotopic (exact) mass is 379 g/mol. The van der Waals surface area contributed by atoms with E-state index in [0.29, 0.717) is 10.6 Å². The molecule has 0 spiro atoms. The molecule has 136 valence electrons. The van der Waals surface area contributed by atoms with Gasteiger partial charge in [-0.15, -0.1) is 0 Å². The van der Waals surface area contributed by atoms with E-state index in [2.05, 4.69) is 10.6 Å². The Morgan fingerprint density at radius 3 is 2.38 bits per heavy atom. The number of halogens is 2. The van der Waals surface area contributed by atoms with Crippen molar-refractivity contribution in [2.75, 3.05) is 13.1 Å². The summed E-state index contributed by atoms with van der Waals surface area (Å²) in [5, 5.41) is 16.2. The third-order valence-electron chi connectivity index (χ3n) is 3.59. The molecule has 7 nitrogen and oxygen atoms in total. The standard InChI is InChI=1S/C17H15ClFN3O4/c1-10-14(19)8-11(9-15(10)22(25)26)16(23)20-6-7-21-17(24)12-4-2-3-5-13(12)18/h2-5,8-9H,6-7H2,1H3,(H,20,23)(H,21,24). The molecule has 0 bridgehead atoms. The summed E-state index contributed by atoms with van der Waals surface area (Å²) < 4.78 is 13.7. The Hall–Kier alpha value is -3.00. The molecule has 0 aliphatic rings. The van der Waals surface area contributed by atoms with Crippen molar-refractivity contribution in [1.82, 2.24) is 10.6 Å². The van der Waals surface area contributed by atoms with Crippen LogP contribution in [0.1, 0.15) is 26.3 Å². The fourth-order valence-corrected chi connectivity index (χ4v) is 2.40. The fourth-order valence-electron chi connectivity index (χ4n) is 2.18. The third kappa shape index (κ3) is 4.54. The number of carbonyl (C=O) groups excluding carboxylic acids is 2. The Bertz CT molecular complexity index is 873. The summed E-state index contributed by atoms with van der Waals surface area (Å²) in [5.41, 5.74) is -0.477. The quantitative estimate of drug-likeness (QED) is 0.457. The highest BCUT2D eigenvalue weighted by atomic mass is 35.5. The molecular formula is C17H15ClFN3O4. The van der Waals surface area contributed by atoms with Crippen LogP contribution in [0.4, 0.5) is 10.1 Å². The lowest BCUT2D eigenvalue weighted by Crippen LogP contribution is -2.34. The Kier molecular flexibility index (Phi) is 6.24. The first-order chi connectivity index (χ1) is 12.3. The molecule has 0 saturated carbocycles. The zero-order chi connectivity index (χ0) is 19.3. The van der Waals surface area contributed by atoms with Crippen LogP contribution in [-0.4, -0.2) is 29.8 Å². The van der Waals surface area contributed by atoms with E-state index in [-0.39, 0.29) is 24.2 Å². The van der Waals surface area contributed by atoms with Crippen LogP contribution < -0.4 is 10.6 Å². The minimum absolute atomic E-state index is 0.0539. The first-order valence-electron chi connectivity index (χ1n) is 7.56. The van der Waals surface area contributed by atoms with Crippen LogP contribution in [0.3, 0.4) is 0 Å². The average molecular weight is 380 g/mol. The minimum Gasteiger partial charge on any atom is -0.350 e. The van der Waals surface area contributed by atoms with Crippen molar-refractivity contribution >= 4 is 29.1 Å². The molecule has 2 rings (SSSR count). The molecule has 0 fully saturated rings. The number of hydrogen-bond donors (Lipinski definition) is 2. The summed E-state index contributed by atoms with van der Waals surface area (Å²) in [6, 6.07) is 8.44. The number of hydrogen-bond acceptors (Lipinski definition) is 4. The van der Waals surface area contributed by atoms with Crippen LogP contribution >= 0.6 is 11.6 Å². The molecule has 0 radical (unpaired) electrons. The van der Waals surface area contributed by atoms with Gasteiger partial charge in [-0.05, 0) is 25.1 Å². The molecule has 2 N–H and O–H groups in total. The maximum absolute atomic E-state index is 13.7. The lowest BCUT2D eigenvalue weighted by molar-refractivity contribution is -0.385. The SMILES string of the molecule is Cc1c(F)cc(C(=O)NCCNC(=O)c2ccccc2Cl)cc1[N+](=O)[O-]. The molecule has 0 heterocycles. The summed E-state index contributed by atoms with van der Waals surface area (Å²) in [4.78, 5) is 34.1. The van der Waals surface area contributed by atoms with Crippen molar-refractivity contribution in [2.24, 2.45) is 0 Å². The smallest absolute Gasteiger partial charge is 0.276 e. The first kappa shape index (κ1) is 19.3. The number of nitrogens with one attached hydrogen (secondary N) is 2. The van der Waals surface area contributed by atoms with Gasteiger partial charge < -0.3 is 10.6 Å². The zero-order valence-electron chi connectivity index (χ0n) is 13.7. The molecule has 0 aromatic heterocycles. The van der Waals surface area contributed by atoms with Crippen molar-refractivity contribution in [3.63, 3.8) is 0 Å². The third-order valence-corrected chi connectivity index (χ3v) is 3.92. The van der Waals surface area contributed by atoms with Gasteiger partial charge in [-0.25, -0.2) is 4.39 Å². The second-order valence-corrected chi connectivity index (χ2v) is 5.76. The second-order valence-electron chi connectivity index (χ2n) is 5.35. The molecule has 2 aromatic carbocycles. The molecule has 0 atom stereocenters. The molecular weight excluding hydrogens is 365 g/mol. The van der Waals surface area contributed by atoms with Crippen LogP contribution in [-0.2, 0) is 0 Å². The predicted molar refractivity (Wildman–Crippen MR) is 93.9 cm³/mol. The highest BCUT2D eigenvalue weighted by Crippen LogP contribution is 2.22. The predicted octanol–water partition coefficient (Wildman–Crippen LogP) is 2.86. The van der Waals surface area contributed by atoms with E-state index >= 15 is 0 Å². The van der Waals surface area contributed by atoms with Gasteiger partial charge in [0.05, 0.1) is 21.1 Å². The van der Waals surface area contributed by atoms with Crippen molar-refractivity contribution in [2.45, 2.75) is 6.92 Å². The lowest BCUT2D eigenvalue weighted by Gasteiger charge is -2.09.